The van der Waals surface area contributed by atoms with Gasteiger partial charge in [-0.25, -0.2) is 9.48 Å². The molecule has 0 spiro atoms. The molecule has 25 heavy (non-hydrogen) atoms. The molecule has 6 heteroatoms. The van der Waals surface area contributed by atoms with Crippen LogP contribution in [0.4, 0.5) is 10.5 Å². The van der Waals surface area contributed by atoms with Crippen LogP contribution in [0.3, 0.4) is 0 Å². The lowest BCUT2D eigenvalue weighted by Crippen LogP contribution is -2.36. The van der Waals surface area contributed by atoms with Gasteiger partial charge in [0.15, 0.2) is 0 Å². The Morgan fingerprint density at radius 2 is 1.76 bits per heavy atom. The number of aliphatic hydroxyl groups excluding tert-OH is 1. The molecule has 0 radical (unpaired) electrons. The molecule has 0 aliphatic heterocycles. The van der Waals surface area contributed by atoms with Gasteiger partial charge in [0.1, 0.15) is 0 Å². The van der Waals surface area contributed by atoms with Crippen LogP contribution in [-0.4, -0.2) is 39.0 Å². The van der Waals surface area contributed by atoms with E-state index in [1.807, 2.05) is 60.7 Å². The van der Waals surface area contributed by atoms with Gasteiger partial charge in [0.05, 0.1) is 30.4 Å². The van der Waals surface area contributed by atoms with E-state index in [0.29, 0.717) is 12.2 Å². The maximum Gasteiger partial charge on any atom is 0.322 e. The number of carbonyl (C=O) groups is 1. The molecule has 128 valence electrons. The highest BCUT2D eigenvalue weighted by atomic mass is 16.3. The Morgan fingerprint density at radius 1 is 1.08 bits per heavy atom. The summed E-state index contributed by atoms with van der Waals surface area (Å²) >= 11 is 0. The van der Waals surface area contributed by atoms with Crippen molar-refractivity contribution in [2.45, 2.75) is 6.54 Å². The first-order chi connectivity index (χ1) is 12.3. The number of para-hydroxylation sites is 1. The highest BCUT2D eigenvalue weighted by Crippen LogP contribution is 2.13. The molecule has 0 fully saturated rings. The molecule has 1 heterocycles. The average molecular weight is 336 g/mol. The van der Waals surface area contributed by atoms with Gasteiger partial charge in [0.2, 0.25) is 0 Å². The van der Waals surface area contributed by atoms with Gasteiger partial charge in [0.25, 0.3) is 0 Å². The van der Waals surface area contributed by atoms with E-state index in [4.69, 9.17) is 0 Å². The highest BCUT2D eigenvalue weighted by molar-refractivity contribution is 5.89. The van der Waals surface area contributed by atoms with Crippen LogP contribution < -0.4 is 5.32 Å². The molecule has 1 aromatic heterocycles. The third-order valence-electron chi connectivity index (χ3n) is 3.73. The topological polar surface area (TPSA) is 70.4 Å². The van der Waals surface area contributed by atoms with Gasteiger partial charge in [0, 0.05) is 13.1 Å². The molecule has 0 bridgehead atoms. The third-order valence-corrected chi connectivity index (χ3v) is 3.73. The Labute approximate surface area is 146 Å². The Morgan fingerprint density at radius 3 is 2.44 bits per heavy atom. The summed E-state index contributed by atoms with van der Waals surface area (Å²) < 4.78 is 1.70. The minimum absolute atomic E-state index is 0.0937. The average Bonchev–Trinajstić information content (AvgIpc) is 3.11. The van der Waals surface area contributed by atoms with Crippen molar-refractivity contribution in [3.8, 4) is 5.69 Å². The number of carbonyl (C=O) groups excluding carboxylic acids is 1. The maximum absolute atomic E-state index is 12.5. The Hall–Kier alpha value is -3.12. The molecule has 0 aliphatic carbocycles. The second kappa shape index (κ2) is 8.12. The molecule has 0 saturated heterocycles. The molecule has 3 rings (SSSR count). The number of rotatable bonds is 6. The third kappa shape index (κ3) is 4.45. The zero-order valence-corrected chi connectivity index (χ0v) is 13.7. The molecule has 0 unspecified atom stereocenters. The number of anilines is 1. The summed E-state index contributed by atoms with van der Waals surface area (Å²) in [6.45, 7) is 0.594. The molecule has 6 nitrogen and oxygen atoms in total. The minimum Gasteiger partial charge on any atom is -0.395 e. The molecule has 0 aliphatic rings. The van der Waals surface area contributed by atoms with Gasteiger partial charge in [-0.1, -0.05) is 48.5 Å². The lowest BCUT2D eigenvalue weighted by Gasteiger charge is -2.21. The number of hydrogen-bond acceptors (Lipinski definition) is 3. The molecule has 2 amide bonds. The number of nitrogens with zero attached hydrogens (tertiary/aromatic N) is 3. The van der Waals surface area contributed by atoms with Gasteiger partial charge >= 0.3 is 6.03 Å². The van der Waals surface area contributed by atoms with Gasteiger partial charge in [-0.3, -0.25) is 0 Å². The maximum atomic E-state index is 12.5. The van der Waals surface area contributed by atoms with Crippen molar-refractivity contribution >= 4 is 11.7 Å². The number of amides is 2. The normalized spacial score (nSPS) is 10.4. The van der Waals surface area contributed by atoms with Crippen LogP contribution in [0.2, 0.25) is 0 Å². The highest BCUT2D eigenvalue weighted by Gasteiger charge is 2.14. The smallest absolute Gasteiger partial charge is 0.322 e. The van der Waals surface area contributed by atoms with Crippen LogP contribution in [0.1, 0.15) is 5.56 Å². The predicted octanol–water partition coefficient (Wildman–Crippen LogP) is 2.90. The van der Waals surface area contributed by atoms with E-state index in [9.17, 15) is 9.90 Å². The van der Waals surface area contributed by atoms with Crippen molar-refractivity contribution in [3.63, 3.8) is 0 Å². The first-order valence-corrected chi connectivity index (χ1v) is 8.07. The monoisotopic (exact) mass is 336 g/mol. The summed E-state index contributed by atoms with van der Waals surface area (Å²) in [7, 11) is 0. The molecule has 2 aromatic carbocycles. The van der Waals surface area contributed by atoms with Crippen molar-refractivity contribution in [2.24, 2.45) is 0 Å². The number of aromatic nitrogens is 2. The predicted molar refractivity (Wildman–Crippen MR) is 96.5 cm³/mol. The summed E-state index contributed by atoms with van der Waals surface area (Å²) in [6.07, 6.45) is 3.36. The lowest BCUT2D eigenvalue weighted by molar-refractivity contribution is 0.185. The molecular formula is C19H20N4O2. The zero-order valence-electron chi connectivity index (χ0n) is 13.7. The number of urea groups is 1. The van der Waals surface area contributed by atoms with Crippen LogP contribution in [-0.2, 0) is 6.54 Å². The Bertz CT molecular complexity index is 803. The standard InChI is InChI=1S/C19H20N4O2/c24-12-11-22(14-16-7-3-1-4-8-16)19(25)21-17-13-20-23(15-17)18-9-5-2-6-10-18/h1-10,13,15,24H,11-12,14H2,(H,21,25). The minimum atomic E-state index is -0.273. The molecule has 2 N–H and O–H groups in total. The number of nitrogens with one attached hydrogen (secondary N) is 1. The van der Waals surface area contributed by atoms with Gasteiger partial charge in [-0.15, -0.1) is 0 Å². The van der Waals surface area contributed by atoms with Crippen molar-refractivity contribution in [2.75, 3.05) is 18.5 Å². The second-order valence-electron chi connectivity index (χ2n) is 5.57. The van der Waals surface area contributed by atoms with Crippen LogP contribution in [0.25, 0.3) is 5.69 Å². The van der Waals surface area contributed by atoms with Crippen molar-refractivity contribution < 1.29 is 9.90 Å². The summed E-state index contributed by atoms with van der Waals surface area (Å²) in [6, 6.07) is 19.1. The summed E-state index contributed by atoms with van der Waals surface area (Å²) in [4.78, 5) is 14.1. The molecule has 0 saturated carbocycles. The van der Waals surface area contributed by atoms with E-state index < -0.39 is 0 Å². The molecular weight excluding hydrogens is 316 g/mol. The summed E-state index contributed by atoms with van der Waals surface area (Å²) in [5.74, 6) is 0. The van der Waals surface area contributed by atoms with Gasteiger partial charge < -0.3 is 15.3 Å². The summed E-state index contributed by atoms with van der Waals surface area (Å²) in [5, 5.41) is 16.3. The van der Waals surface area contributed by atoms with Crippen LogP contribution in [0.15, 0.2) is 73.1 Å². The SMILES string of the molecule is O=C(Nc1cnn(-c2ccccc2)c1)N(CCO)Cc1ccccc1. The first-order valence-electron chi connectivity index (χ1n) is 8.07. The number of benzene rings is 2. The fourth-order valence-electron chi connectivity index (χ4n) is 2.49. The van der Waals surface area contributed by atoms with E-state index in [0.717, 1.165) is 11.3 Å². The quantitative estimate of drug-likeness (QED) is 0.727. The van der Waals surface area contributed by atoms with E-state index in [-0.39, 0.29) is 19.2 Å². The molecule has 0 atom stereocenters. The van der Waals surface area contributed by atoms with Crippen LogP contribution in [0, 0.1) is 0 Å². The van der Waals surface area contributed by atoms with Crippen molar-refractivity contribution in [1.29, 1.82) is 0 Å². The fraction of sp³-hybridized carbons (Fsp3) is 0.158. The summed E-state index contributed by atoms with van der Waals surface area (Å²) in [5.41, 5.74) is 2.52. The van der Waals surface area contributed by atoms with E-state index in [1.165, 1.54) is 0 Å². The Balaban J connectivity index is 1.68. The number of hydrogen-bond donors (Lipinski definition) is 2. The lowest BCUT2D eigenvalue weighted by atomic mass is 10.2. The van der Waals surface area contributed by atoms with Crippen LogP contribution >= 0.6 is 0 Å². The first kappa shape index (κ1) is 16.7. The largest absolute Gasteiger partial charge is 0.395 e. The fourth-order valence-corrected chi connectivity index (χ4v) is 2.49. The van der Waals surface area contributed by atoms with E-state index in [2.05, 4.69) is 10.4 Å². The second-order valence-corrected chi connectivity index (χ2v) is 5.57. The van der Waals surface area contributed by atoms with Crippen molar-refractivity contribution in [1.82, 2.24) is 14.7 Å². The molecule has 3 aromatic rings. The number of aliphatic hydroxyl groups is 1. The Kier molecular flexibility index (Phi) is 5.43. The zero-order chi connectivity index (χ0) is 17.5. The van der Waals surface area contributed by atoms with Gasteiger partial charge in [-0.2, -0.15) is 5.10 Å². The van der Waals surface area contributed by atoms with Gasteiger partial charge in [-0.05, 0) is 17.7 Å². The van der Waals surface area contributed by atoms with Crippen molar-refractivity contribution in [3.05, 3.63) is 78.6 Å². The van der Waals surface area contributed by atoms with E-state index >= 15 is 0 Å². The van der Waals surface area contributed by atoms with Crippen LogP contribution in [0.5, 0.6) is 0 Å². The van der Waals surface area contributed by atoms with E-state index in [1.54, 1.807) is 22.0 Å².